The highest BCUT2D eigenvalue weighted by Gasteiger charge is 2.18. The van der Waals surface area contributed by atoms with Gasteiger partial charge < -0.3 is 14.6 Å². The first-order chi connectivity index (χ1) is 8.12. The predicted molar refractivity (Wildman–Crippen MR) is 60.1 cm³/mol. The van der Waals surface area contributed by atoms with Gasteiger partial charge in [-0.05, 0) is 18.6 Å². The molecule has 1 atom stereocenters. The summed E-state index contributed by atoms with van der Waals surface area (Å²) in [6, 6.07) is 6.55. The number of hydrogen-bond donors (Lipinski definition) is 1. The number of ether oxygens (including phenoxy) is 2. The van der Waals surface area contributed by atoms with Crippen LogP contribution < -0.4 is 9.47 Å². The quantitative estimate of drug-likeness (QED) is 0.841. The number of nitrogens with zero attached hydrogens (tertiary/aromatic N) is 1. The van der Waals surface area contributed by atoms with Crippen molar-refractivity contribution in [1.82, 2.24) is 0 Å². The molecule has 0 bridgehead atoms. The Hall–Kier alpha value is -2.22. The van der Waals surface area contributed by atoms with Crippen LogP contribution in [-0.4, -0.2) is 24.3 Å². The van der Waals surface area contributed by atoms with Crippen LogP contribution in [0.5, 0.6) is 11.5 Å². The van der Waals surface area contributed by atoms with Crippen LogP contribution in [0.2, 0.25) is 0 Å². The minimum absolute atomic E-state index is 0.320. The third-order valence-corrected chi connectivity index (χ3v) is 2.21. The molecule has 0 amide bonds. The summed E-state index contributed by atoms with van der Waals surface area (Å²) in [5.41, 5.74) is 0.428. The molecule has 1 N–H and O–H groups in total. The molecule has 5 nitrogen and oxygen atoms in total. The van der Waals surface area contributed by atoms with Gasteiger partial charge in [0.25, 0.3) is 0 Å². The predicted octanol–water partition coefficient (Wildman–Crippen LogP) is 1.81. The Balaban J connectivity index is 2.98. The monoisotopic (exact) mass is 235 g/mol. The molecule has 17 heavy (non-hydrogen) atoms. The Morgan fingerprint density at radius 3 is 2.71 bits per heavy atom. The van der Waals surface area contributed by atoms with Gasteiger partial charge in [0.15, 0.2) is 17.6 Å². The molecule has 0 spiro atoms. The molecule has 0 aliphatic carbocycles. The second-order valence-electron chi connectivity index (χ2n) is 3.33. The second kappa shape index (κ2) is 5.75. The van der Waals surface area contributed by atoms with Crippen LogP contribution in [-0.2, 0) is 4.79 Å². The summed E-state index contributed by atoms with van der Waals surface area (Å²) in [5.74, 6) is -0.358. The van der Waals surface area contributed by atoms with Gasteiger partial charge in [-0.2, -0.15) is 5.26 Å². The molecule has 0 saturated carbocycles. The largest absolute Gasteiger partial charge is 0.493 e. The molecule has 0 radical (unpaired) electrons. The van der Waals surface area contributed by atoms with Gasteiger partial charge in [-0.25, -0.2) is 4.79 Å². The lowest BCUT2D eigenvalue weighted by atomic mass is 10.2. The van der Waals surface area contributed by atoms with Crippen LogP contribution in [0.1, 0.15) is 18.9 Å². The van der Waals surface area contributed by atoms with Crippen molar-refractivity contribution >= 4 is 5.97 Å². The van der Waals surface area contributed by atoms with E-state index in [1.807, 2.05) is 6.07 Å². The lowest BCUT2D eigenvalue weighted by Gasteiger charge is -2.15. The highest BCUT2D eigenvalue weighted by Crippen LogP contribution is 2.29. The molecule has 1 rings (SSSR count). The highest BCUT2D eigenvalue weighted by atomic mass is 16.5. The first-order valence-electron chi connectivity index (χ1n) is 5.10. The Kier molecular flexibility index (Phi) is 4.35. The van der Waals surface area contributed by atoms with Crippen molar-refractivity contribution in [1.29, 1.82) is 5.26 Å². The fourth-order valence-corrected chi connectivity index (χ4v) is 1.30. The number of benzene rings is 1. The van der Waals surface area contributed by atoms with Crippen LogP contribution in [0.3, 0.4) is 0 Å². The van der Waals surface area contributed by atoms with Crippen LogP contribution in [0.4, 0.5) is 0 Å². The Bertz CT molecular complexity index is 450. The van der Waals surface area contributed by atoms with Crippen LogP contribution in [0, 0.1) is 11.3 Å². The first kappa shape index (κ1) is 12.8. The number of aliphatic carboxylic acids is 1. The number of hydrogen-bond acceptors (Lipinski definition) is 4. The van der Waals surface area contributed by atoms with E-state index in [4.69, 9.17) is 19.8 Å². The molecule has 1 aromatic rings. The molecule has 0 aromatic heterocycles. The van der Waals surface area contributed by atoms with Gasteiger partial charge in [0.1, 0.15) is 0 Å². The van der Waals surface area contributed by atoms with Crippen LogP contribution in [0.15, 0.2) is 18.2 Å². The maximum atomic E-state index is 10.8. The van der Waals surface area contributed by atoms with Gasteiger partial charge in [0, 0.05) is 6.07 Å². The molecule has 0 fully saturated rings. The molecular formula is C12H13NO4. The van der Waals surface area contributed by atoms with Gasteiger partial charge in [0.2, 0.25) is 0 Å². The second-order valence-corrected chi connectivity index (χ2v) is 3.33. The van der Waals surface area contributed by atoms with Gasteiger partial charge in [-0.15, -0.1) is 0 Å². The summed E-state index contributed by atoms with van der Waals surface area (Å²) < 4.78 is 10.4. The smallest absolute Gasteiger partial charge is 0.344 e. The zero-order chi connectivity index (χ0) is 12.8. The van der Waals surface area contributed by atoms with Crippen molar-refractivity contribution in [2.24, 2.45) is 0 Å². The summed E-state index contributed by atoms with van der Waals surface area (Å²) in [4.78, 5) is 10.8. The number of nitriles is 1. The minimum atomic E-state index is -1.03. The van der Waals surface area contributed by atoms with Crippen molar-refractivity contribution in [2.75, 3.05) is 7.11 Å². The third kappa shape index (κ3) is 3.11. The summed E-state index contributed by atoms with van der Waals surface area (Å²) in [6.45, 7) is 1.72. The summed E-state index contributed by atoms with van der Waals surface area (Å²) >= 11 is 0. The van der Waals surface area contributed by atoms with Crippen molar-refractivity contribution in [3.05, 3.63) is 23.8 Å². The Morgan fingerprint density at radius 2 is 2.24 bits per heavy atom. The third-order valence-electron chi connectivity index (χ3n) is 2.21. The van der Waals surface area contributed by atoms with E-state index in [-0.39, 0.29) is 0 Å². The molecule has 0 aliphatic rings. The fraction of sp³-hybridized carbons (Fsp3) is 0.333. The SMILES string of the molecule is CCC(Oc1ccc(C#N)cc1OC)C(=O)O. The van der Waals surface area contributed by atoms with Gasteiger partial charge >= 0.3 is 5.97 Å². The maximum absolute atomic E-state index is 10.8. The molecule has 0 saturated heterocycles. The van der Waals surface area contributed by atoms with E-state index in [0.717, 1.165) is 0 Å². The lowest BCUT2D eigenvalue weighted by molar-refractivity contribution is -0.145. The molecule has 5 heteroatoms. The molecule has 90 valence electrons. The van der Waals surface area contributed by atoms with Gasteiger partial charge in [-0.3, -0.25) is 0 Å². The van der Waals surface area contributed by atoms with Gasteiger partial charge in [0.05, 0.1) is 18.7 Å². The van der Waals surface area contributed by atoms with Crippen LogP contribution >= 0.6 is 0 Å². The van der Waals surface area contributed by atoms with E-state index in [2.05, 4.69) is 0 Å². The Morgan fingerprint density at radius 1 is 1.53 bits per heavy atom. The van der Waals surface area contributed by atoms with E-state index in [1.165, 1.54) is 19.2 Å². The maximum Gasteiger partial charge on any atom is 0.344 e. The van der Waals surface area contributed by atoms with E-state index >= 15 is 0 Å². The van der Waals surface area contributed by atoms with E-state index < -0.39 is 12.1 Å². The number of rotatable bonds is 5. The van der Waals surface area contributed by atoms with E-state index in [0.29, 0.717) is 23.5 Å². The standard InChI is InChI=1S/C12H13NO4/c1-3-9(12(14)15)17-10-5-4-8(7-13)6-11(10)16-2/h4-6,9H,3H2,1-2H3,(H,14,15). The number of carbonyl (C=O) groups is 1. The van der Waals surface area contributed by atoms with Gasteiger partial charge in [-0.1, -0.05) is 6.92 Å². The molecule has 0 aliphatic heterocycles. The first-order valence-corrected chi connectivity index (χ1v) is 5.10. The van der Waals surface area contributed by atoms with Crippen LogP contribution in [0.25, 0.3) is 0 Å². The van der Waals surface area contributed by atoms with Crippen molar-refractivity contribution in [3.63, 3.8) is 0 Å². The molecular weight excluding hydrogens is 222 g/mol. The lowest BCUT2D eigenvalue weighted by Crippen LogP contribution is -2.26. The van der Waals surface area contributed by atoms with Crippen molar-refractivity contribution in [2.45, 2.75) is 19.4 Å². The van der Waals surface area contributed by atoms with Crippen molar-refractivity contribution < 1.29 is 19.4 Å². The zero-order valence-electron chi connectivity index (χ0n) is 9.64. The molecule has 0 heterocycles. The number of carboxylic acids is 1. The average molecular weight is 235 g/mol. The highest BCUT2D eigenvalue weighted by molar-refractivity contribution is 5.72. The molecule has 1 unspecified atom stereocenters. The van der Waals surface area contributed by atoms with E-state index in [1.54, 1.807) is 13.0 Å². The van der Waals surface area contributed by atoms with Crippen molar-refractivity contribution in [3.8, 4) is 17.6 Å². The summed E-state index contributed by atoms with van der Waals surface area (Å²) in [7, 11) is 1.44. The average Bonchev–Trinajstić information content (AvgIpc) is 2.35. The zero-order valence-corrected chi connectivity index (χ0v) is 9.64. The normalized spacial score (nSPS) is 11.4. The summed E-state index contributed by atoms with van der Waals surface area (Å²) in [6.07, 6.45) is -0.574. The molecule has 1 aromatic carbocycles. The minimum Gasteiger partial charge on any atom is -0.493 e. The summed E-state index contributed by atoms with van der Waals surface area (Å²) in [5, 5.41) is 17.6. The van der Waals surface area contributed by atoms with E-state index in [9.17, 15) is 4.79 Å². The fourth-order valence-electron chi connectivity index (χ4n) is 1.30. The number of methoxy groups -OCH3 is 1. The topological polar surface area (TPSA) is 79.5 Å². The number of carboxylic acid groups (broad SMARTS) is 1. The Labute approximate surface area is 99.2 Å².